The molecule has 0 aliphatic heterocycles. The van der Waals surface area contributed by atoms with E-state index in [9.17, 15) is 4.79 Å². The quantitative estimate of drug-likeness (QED) is 0.604. The minimum Gasteiger partial charge on any atom is -0.294 e. The molecule has 0 spiro atoms. The first-order chi connectivity index (χ1) is 10.7. The molecule has 22 heavy (non-hydrogen) atoms. The Morgan fingerprint density at radius 2 is 1.77 bits per heavy atom. The number of ketones is 1. The van der Waals surface area contributed by atoms with Crippen molar-refractivity contribution in [2.24, 2.45) is 0 Å². The van der Waals surface area contributed by atoms with Gasteiger partial charge >= 0.3 is 0 Å². The normalized spacial score (nSPS) is 14.1. The van der Waals surface area contributed by atoms with E-state index >= 15 is 0 Å². The zero-order valence-electron chi connectivity index (χ0n) is 12.0. The van der Waals surface area contributed by atoms with E-state index in [1.54, 1.807) is 0 Å². The van der Waals surface area contributed by atoms with Gasteiger partial charge in [0, 0.05) is 27.4 Å². The van der Waals surface area contributed by atoms with Crippen LogP contribution >= 0.6 is 15.9 Å². The smallest absolute Gasteiger partial charge is 0.165 e. The van der Waals surface area contributed by atoms with Crippen LogP contribution in [0.3, 0.4) is 0 Å². The lowest BCUT2D eigenvalue weighted by Gasteiger charge is -2.20. The van der Waals surface area contributed by atoms with Crippen LogP contribution in [0.25, 0.3) is 22.0 Å². The van der Waals surface area contributed by atoms with Crippen molar-refractivity contribution in [2.45, 2.75) is 19.3 Å². The monoisotopic (exact) mass is 351 g/mol. The van der Waals surface area contributed by atoms with Crippen molar-refractivity contribution in [3.63, 3.8) is 0 Å². The van der Waals surface area contributed by atoms with Crippen molar-refractivity contribution < 1.29 is 4.79 Å². The van der Waals surface area contributed by atoms with Gasteiger partial charge in [0.15, 0.2) is 5.78 Å². The molecule has 0 bridgehead atoms. The number of halogens is 1. The largest absolute Gasteiger partial charge is 0.294 e. The average Bonchev–Trinajstić information content (AvgIpc) is 2.54. The Labute approximate surface area is 137 Å². The standard InChI is InChI=1S/C19H14BrNO/c20-13-9-10-15-14(11-13)18(12-5-2-1-3-6-12)19-16(21-15)7-4-8-17(19)22/h1-3,5-6,9-11H,4,7-8H2. The molecule has 0 radical (unpaired) electrons. The Morgan fingerprint density at radius 3 is 2.59 bits per heavy atom. The molecule has 0 saturated heterocycles. The Morgan fingerprint density at radius 1 is 0.955 bits per heavy atom. The fraction of sp³-hybridized carbons (Fsp3) is 0.158. The summed E-state index contributed by atoms with van der Waals surface area (Å²) in [6.07, 6.45) is 2.40. The van der Waals surface area contributed by atoms with Gasteiger partial charge in [-0.3, -0.25) is 9.78 Å². The minimum absolute atomic E-state index is 0.217. The van der Waals surface area contributed by atoms with Crippen molar-refractivity contribution in [1.29, 1.82) is 0 Å². The molecule has 0 N–H and O–H groups in total. The van der Waals surface area contributed by atoms with Crippen LogP contribution in [0.2, 0.25) is 0 Å². The van der Waals surface area contributed by atoms with Crippen LogP contribution < -0.4 is 0 Å². The Hall–Kier alpha value is -2.00. The molecule has 3 aromatic rings. The third kappa shape index (κ3) is 2.17. The van der Waals surface area contributed by atoms with E-state index in [1.807, 2.05) is 30.3 Å². The second-order valence-electron chi connectivity index (χ2n) is 5.61. The highest BCUT2D eigenvalue weighted by Gasteiger charge is 2.25. The Balaban J connectivity index is 2.16. The SMILES string of the molecule is O=C1CCCc2nc3ccc(Br)cc3c(-c3ccccc3)c21. The summed E-state index contributed by atoms with van der Waals surface area (Å²) in [6, 6.07) is 16.2. The van der Waals surface area contributed by atoms with Gasteiger partial charge in [0.25, 0.3) is 0 Å². The van der Waals surface area contributed by atoms with E-state index in [4.69, 9.17) is 4.98 Å². The number of fused-ring (bicyclic) bond motifs is 2. The molecule has 0 amide bonds. The summed E-state index contributed by atoms with van der Waals surface area (Å²) in [5.41, 5.74) is 4.84. The number of nitrogens with zero attached hydrogens (tertiary/aromatic N) is 1. The number of aryl methyl sites for hydroxylation is 1. The molecule has 2 nitrogen and oxygen atoms in total. The van der Waals surface area contributed by atoms with Crippen LogP contribution in [0.15, 0.2) is 53.0 Å². The molecule has 4 rings (SSSR count). The van der Waals surface area contributed by atoms with Crippen molar-refractivity contribution in [2.75, 3.05) is 0 Å². The van der Waals surface area contributed by atoms with Crippen molar-refractivity contribution >= 4 is 32.6 Å². The van der Waals surface area contributed by atoms with Crippen LogP contribution in [-0.2, 0) is 6.42 Å². The zero-order chi connectivity index (χ0) is 15.1. The van der Waals surface area contributed by atoms with Gasteiger partial charge in [-0.25, -0.2) is 0 Å². The second-order valence-corrected chi connectivity index (χ2v) is 6.53. The Bertz CT molecular complexity index is 887. The fourth-order valence-corrected chi connectivity index (χ4v) is 3.57. The predicted molar refractivity (Wildman–Crippen MR) is 92.1 cm³/mol. The zero-order valence-corrected chi connectivity index (χ0v) is 13.6. The first kappa shape index (κ1) is 13.6. The highest BCUT2D eigenvalue weighted by Crippen LogP contribution is 2.37. The molecule has 0 unspecified atom stereocenters. The lowest BCUT2D eigenvalue weighted by molar-refractivity contribution is 0.0972. The van der Waals surface area contributed by atoms with Crippen molar-refractivity contribution in [1.82, 2.24) is 4.98 Å². The number of benzene rings is 2. The number of pyridine rings is 1. The molecule has 1 aromatic heterocycles. The van der Waals surface area contributed by atoms with E-state index in [0.717, 1.165) is 50.6 Å². The third-order valence-electron chi connectivity index (χ3n) is 4.18. The number of carbonyl (C=O) groups excluding carboxylic acids is 1. The third-order valence-corrected chi connectivity index (χ3v) is 4.67. The molecular weight excluding hydrogens is 338 g/mol. The van der Waals surface area contributed by atoms with Gasteiger partial charge in [-0.2, -0.15) is 0 Å². The lowest BCUT2D eigenvalue weighted by Crippen LogP contribution is -2.14. The lowest BCUT2D eigenvalue weighted by atomic mass is 9.86. The topological polar surface area (TPSA) is 30.0 Å². The van der Waals surface area contributed by atoms with Crippen LogP contribution in [0, 0.1) is 0 Å². The molecule has 1 aliphatic rings. The maximum atomic E-state index is 12.6. The molecule has 0 saturated carbocycles. The van der Waals surface area contributed by atoms with Crippen LogP contribution in [-0.4, -0.2) is 10.8 Å². The number of carbonyl (C=O) groups is 1. The number of aromatic nitrogens is 1. The van der Waals surface area contributed by atoms with Gasteiger partial charge in [-0.15, -0.1) is 0 Å². The number of hydrogen-bond acceptors (Lipinski definition) is 2. The van der Waals surface area contributed by atoms with Gasteiger partial charge in [0.05, 0.1) is 11.2 Å². The van der Waals surface area contributed by atoms with E-state index in [2.05, 4.69) is 34.1 Å². The number of rotatable bonds is 1. The van der Waals surface area contributed by atoms with Gasteiger partial charge in [0.1, 0.15) is 0 Å². The fourth-order valence-electron chi connectivity index (χ4n) is 3.21. The number of Topliss-reactive ketones (excluding diaryl/α,β-unsaturated/α-hetero) is 1. The molecule has 1 aliphatic carbocycles. The molecule has 2 aromatic carbocycles. The average molecular weight is 352 g/mol. The van der Waals surface area contributed by atoms with E-state index in [-0.39, 0.29) is 5.78 Å². The highest BCUT2D eigenvalue weighted by molar-refractivity contribution is 9.10. The van der Waals surface area contributed by atoms with Gasteiger partial charge < -0.3 is 0 Å². The van der Waals surface area contributed by atoms with E-state index in [1.165, 1.54) is 0 Å². The summed E-state index contributed by atoms with van der Waals surface area (Å²) >= 11 is 3.54. The van der Waals surface area contributed by atoms with Gasteiger partial charge in [0.2, 0.25) is 0 Å². The van der Waals surface area contributed by atoms with Crippen LogP contribution in [0.1, 0.15) is 28.9 Å². The van der Waals surface area contributed by atoms with E-state index in [0.29, 0.717) is 6.42 Å². The molecule has 1 heterocycles. The summed E-state index contributed by atoms with van der Waals surface area (Å²) in [5.74, 6) is 0.217. The second kappa shape index (κ2) is 5.33. The maximum Gasteiger partial charge on any atom is 0.165 e. The van der Waals surface area contributed by atoms with E-state index < -0.39 is 0 Å². The molecule has 108 valence electrons. The first-order valence-corrected chi connectivity index (χ1v) is 8.24. The van der Waals surface area contributed by atoms with Crippen molar-refractivity contribution in [3.05, 3.63) is 64.3 Å². The van der Waals surface area contributed by atoms with Crippen LogP contribution in [0.4, 0.5) is 0 Å². The molecule has 0 atom stereocenters. The summed E-state index contributed by atoms with van der Waals surface area (Å²) in [6.45, 7) is 0. The molecular formula is C19H14BrNO. The summed E-state index contributed by atoms with van der Waals surface area (Å²) < 4.78 is 1.00. The minimum atomic E-state index is 0.217. The Kier molecular flexibility index (Phi) is 3.30. The first-order valence-electron chi connectivity index (χ1n) is 7.45. The molecule has 0 fully saturated rings. The van der Waals surface area contributed by atoms with Crippen LogP contribution in [0.5, 0.6) is 0 Å². The summed E-state index contributed by atoms with van der Waals surface area (Å²) in [5, 5.41) is 1.04. The van der Waals surface area contributed by atoms with Crippen molar-refractivity contribution in [3.8, 4) is 11.1 Å². The summed E-state index contributed by atoms with van der Waals surface area (Å²) in [7, 11) is 0. The summed E-state index contributed by atoms with van der Waals surface area (Å²) in [4.78, 5) is 17.3. The maximum absolute atomic E-state index is 12.6. The highest BCUT2D eigenvalue weighted by atomic mass is 79.9. The van der Waals surface area contributed by atoms with Gasteiger partial charge in [-0.05, 0) is 36.6 Å². The number of hydrogen-bond donors (Lipinski definition) is 0. The predicted octanol–water partition coefficient (Wildman–Crippen LogP) is 5.18. The van der Waals surface area contributed by atoms with Gasteiger partial charge in [-0.1, -0.05) is 46.3 Å². The molecule has 3 heteroatoms.